The average Bonchev–Trinajstić information content (AvgIpc) is 3.23. The van der Waals surface area contributed by atoms with Gasteiger partial charge in [-0.3, -0.25) is 4.79 Å². The number of anilines is 1. The molecular weight excluding hydrogens is 366 g/mol. The van der Waals surface area contributed by atoms with Gasteiger partial charge in [-0.2, -0.15) is 0 Å². The maximum Gasteiger partial charge on any atom is 0.343 e. The maximum atomic E-state index is 12.3. The second-order valence-corrected chi connectivity index (χ2v) is 6.37. The van der Waals surface area contributed by atoms with Crippen LogP contribution in [0, 0.1) is 0 Å². The first-order chi connectivity index (χ1) is 13.1. The summed E-state index contributed by atoms with van der Waals surface area (Å²) in [6.45, 7) is 0. The molecule has 1 N–H and O–H groups in total. The molecule has 1 heterocycles. The number of thiophene rings is 1. The van der Waals surface area contributed by atoms with Crippen molar-refractivity contribution in [3.63, 3.8) is 0 Å². The molecule has 0 radical (unpaired) electrons. The Balaban J connectivity index is 1.68. The molecule has 0 bridgehead atoms. The lowest BCUT2D eigenvalue weighted by Gasteiger charge is -2.08. The molecule has 6 nitrogen and oxygen atoms in total. The van der Waals surface area contributed by atoms with Gasteiger partial charge in [-0.05, 0) is 53.9 Å². The smallest absolute Gasteiger partial charge is 0.343 e. The second-order valence-electron chi connectivity index (χ2n) is 5.42. The molecule has 0 saturated carbocycles. The van der Waals surface area contributed by atoms with Gasteiger partial charge in [0.2, 0.25) is 0 Å². The van der Waals surface area contributed by atoms with Gasteiger partial charge in [0.25, 0.3) is 5.91 Å². The Morgan fingerprint density at radius 2 is 1.67 bits per heavy atom. The van der Waals surface area contributed by atoms with Crippen LogP contribution in [0.5, 0.6) is 5.75 Å². The zero-order chi connectivity index (χ0) is 19.2. The largest absolute Gasteiger partial charge is 0.465 e. The molecule has 0 fully saturated rings. The monoisotopic (exact) mass is 381 g/mol. The van der Waals surface area contributed by atoms with Crippen molar-refractivity contribution in [3.8, 4) is 5.75 Å². The Kier molecular flexibility index (Phi) is 5.63. The van der Waals surface area contributed by atoms with E-state index < -0.39 is 11.9 Å². The van der Waals surface area contributed by atoms with Crippen LogP contribution in [0.15, 0.2) is 66.0 Å². The van der Waals surface area contributed by atoms with Gasteiger partial charge in [-0.1, -0.05) is 12.1 Å². The quantitative estimate of drug-likeness (QED) is 0.533. The SMILES string of the molecule is COC(=O)c1ccc(OC(=O)c2cccc(NC(=O)c3cccs3)c2)cc1. The predicted octanol–water partition coefficient (Wildman–Crippen LogP) is 4.01. The predicted molar refractivity (Wildman–Crippen MR) is 101 cm³/mol. The minimum Gasteiger partial charge on any atom is -0.465 e. The lowest BCUT2D eigenvalue weighted by Crippen LogP contribution is -2.12. The summed E-state index contributed by atoms with van der Waals surface area (Å²) in [7, 11) is 1.29. The Hall–Kier alpha value is -3.45. The van der Waals surface area contributed by atoms with E-state index in [1.165, 1.54) is 48.8 Å². The number of hydrogen-bond donors (Lipinski definition) is 1. The van der Waals surface area contributed by atoms with Gasteiger partial charge < -0.3 is 14.8 Å². The topological polar surface area (TPSA) is 81.7 Å². The molecule has 2 aromatic carbocycles. The first-order valence-corrected chi connectivity index (χ1v) is 8.80. The number of benzene rings is 2. The molecule has 0 saturated heterocycles. The third kappa shape index (κ3) is 4.59. The zero-order valence-corrected chi connectivity index (χ0v) is 15.1. The summed E-state index contributed by atoms with van der Waals surface area (Å²) in [6, 6.07) is 16.0. The Labute approximate surface area is 159 Å². The molecule has 1 aromatic heterocycles. The van der Waals surface area contributed by atoms with Gasteiger partial charge in [0.05, 0.1) is 23.1 Å². The summed E-state index contributed by atoms with van der Waals surface area (Å²) in [4.78, 5) is 36.4. The van der Waals surface area contributed by atoms with Crippen LogP contribution < -0.4 is 10.1 Å². The van der Waals surface area contributed by atoms with Crippen molar-refractivity contribution in [1.82, 2.24) is 0 Å². The minimum absolute atomic E-state index is 0.242. The van der Waals surface area contributed by atoms with Crippen molar-refractivity contribution >= 4 is 34.9 Å². The fourth-order valence-corrected chi connectivity index (χ4v) is 2.89. The number of methoxy groups -OCH3 is 1. The van der Waals surface area contributed by atoms with E-state index in [-0.39, 0.29) is 11.5 Å². The van der Waals surface area contributed by atoms with E-state index in [0.29, 0.717) is 21.9 Å². The summed E-state index contributed by atoms with van der Waals surface area (Å²) < 4.78 is 9.92. The number of nitrogens with one attached hydrogen (secondary N) is 1. The van der Waals surface area contributed by atoms with Crippen LogP contribution in [0.1, 0.15) is 30.4 Å². The molecule has 27 heavy (non-hydrogen) atoms. The number of amides is 1. The van der Waals surface area contributed by atoms with Crippen LogP contribution >= 0.6 is 11.3 Å². The van der Waals surface area contributed by atoms with Crippen molar-refractivity contribution in [2.45, 2.75) is 0 Å². The lowest BCUT2D eigenvalue weighted by molar-refractivity contribution is 0.0600. The number of carbonyl (C=O) groups is 3. The van der Waals surface area contributed by atoms with Crippen LogP contribution in [0.2, 0.25) is 0 Å². The van der Waals surface area contributed by atoms with E-state index in [0.717, 1.165) is 0 Å². The number of carbonyl (C=O) groups excluding carboxylic acids is 3. The van der Waals surface area contributed by atoms with Crippen LogP contribution in [0.25, 0.3) is 0 Å². The van der Waals surface area contributed by atoms with Crippen molar-refractivity contribution in [2.75, 3.05) is 12.4 Å². The van der Waals surface area contributed by atoms with E-state index in [4.69, 9.17) is 4.74 Å². The highest BCUT2D eigenvalue weighted by Crippen LogP contribution is 2.18. The van der Waals surface area contributed by atoms with Gasteiger partial charge in [-0.15, -0.1) is 11.3 Å². The first kappa shape index (κ1) is 18.3. The molecule has 7 heteroatoms. The molecular formula is C20H15NO5S. The van der Waals surface area contributed by atoms with Gasteiger partial charge in [0.1, 0.15) is 5.75 Å². The maximum absolute atomic E-state index is 12.3. The molecule has 0 aliphatic carbocycles. The summed E-state index contributed by atoms with van der Waals surface area (Å²) in [5.74, 6) is -0.996. The molecule has 136 valence electrons. The van der Waals surface area contributed by atoms with E-state index in [1.807, 2.05) is 5.38 Å². The van der Waals surface area contributed by atoms with E-state index in [1.54, 1.807) is 30.3 Å². The molecule has 0 unspecified atom stereocenters. The van der Waals surface area contributed by atoms with Gasteiger partial charge in [-0.25, -0.2) is 9.59 Å². The Morgan fingerprint density at radius 1 is 0.889 bits per heavy atom. The molecule has 3 aromatic rings. The van der Waals surface area contributed by atoms with Gasteiger partial charge in [0.15, 0.2) is 0 Å². The molecule has 3 rings (SSSR count). The lowest BCUT2D eigenvalue weighted by atomic mass is 10.2. The molecule has 0 aliphatic heterocycles. The second kappa shape index (κ2) is 8.29. The Morgan fingerprint density at radius 3 is 2.33 bits per heavy atom. The molecule has 0 atom stereocenters. The fraction of sp³-hybridized carbons (Fsp3) is 0.0500. The summed E-state index contributed by atoms with van der Waals surface area (Å²) in [5, 5.41) is 4.56. The summed E-state index contributed by atoms with van der Waals surface area (Å²) >= 11 is 1.33. The normalized spacial score (nSPS) is 10.1. The highest BCUT2D eigenvalue weighted by Gasteiger charge is 2.12. The number of rotatable bonds is 5. The minimum atomic E-state index is -0.576. The van der Waals surface area contributed by atoms with E-state index >= 15 is 0 Å². The van der Waals surface area contributed by atoms with Crippen LogP contribution in [-0.4, -0.2) is 25.0 Å². The number of hydrogen-bond acceptors (Lipinski definition) is 6. The molecule has 0 spiro atoms. The van der Waals surface area contributed by atoms with Gasteiger partial charge in [0, 0.05) is 5.69 Å². The van der Waals surface area contributed by atoms with Crippen LogP contribution in [-0.2, 0) is 4.74 Å². The zero-order valence-electron chi connectivity index (χ0n) is 14.3. The average molecular weight is 381 g/mol. The summed E-state index contributed by atoms with van der Waals surface area (Å²) in [5.41, 5.74) is 1.13. The highest BCUT2D eigenvalue weighted by atomic mass is 32.1. The number of ether oxygens (including phenoxy) is 2. The van der Waals surface area contributed by atoms with Crippen molar-refractivity contribution in [2.24, 2.45) is 0 Å². The molecule has 0 aliphatic rings. The van der Waals surface area contributed by atoms with Crippen LogP contribution in [0.3, 0.4) is 0 Å². The summed E-state index contributed by atoms with van der Waals surface area (Å²) in [6.07, 6.45) is 0. The van der Waals surface area contributed by atoms with Gasteiger partial charge >= 0.3 is 11.9 Å². The van der Waals surface area contributed by atoms with E-state index in [9.17, 15) is 14.4 Å². The first-order valence-electron chi connectivity index (χ1n) is 7.92. The van der Waals surface area contributed by atoms with Crippen LogP contribution in [0.4, 0.5) is 5.69 Å². The molecule has 1 amide bonds. The van der Waals surface area contributed by atoms with E-state index in [2.05, 4.69) is 10.1 Å². The standard InChI is InChI=1S/C20H15NO5S/c1-25-19(23)13-7-9-16(10-8-13)26-20(24)14-4-2-5-15(12-14)21-18(22)17-6-3-11-27-17/h2-12H,1H3,(H,21,22). The Bertz CT molecular complexity index is 964. The third-order valence-electron chi connectivity index (χ3n) is 3.59. The third-order valence-corrected chi connectivity index (χ3v) is 4.46. The van der Waals surface area contributed by atoms with Crippen molar-refractivity contribution < 1.29 is 23.9 Å². The fourth-order valence-electron chi connectivity index (χ4n) is 2.27. The highest BCUT2D eigenvalue weighted by molar-refractivity contribution is 7.12. The number of esters is 2. The van der Waals surface area contributed by atoms with Crippen molar-refractivity contribution in [1.29, 1.82) is 0 Å². The van der Waals surface area contributed by atoms with Crippen molar-refractivity contribution in [3.05, 3.63) is 82.0 Å².